The molecule has 0 amide bonds. The Kier molecular flexibility index (Phi) is 9.37. The summed E-state index contributed by atoms with van der Waals surface area (Å²) < 4.78 is 5.31. The van der Waals surface area contributed by atoms with Crippen LogP contribution >= 0.6 is 0 Å². The first kappa shape index (κ1) is 19.5. The van der Waals surface area contributed by atoms with Crippen LogP contribution in [0.15, 0.2) is 24.3 Å². The van der Waals surface area contributed by atoms with Crippen molar-refractivity contribution in [2.45, 2.75) is 40.5 Å². The summed E-state index contributed by atoms with van der Waals surface area (Å²) in [6.07, 6.45) is 1.24. The minimum absolute atomic E-state index is 0.149. The summed E-state index contributed by atoms with van der Waals surface area (Å²) >= 11 is 0. The van der Waals surface area contributed by atoms with Gasteiger partial charge in [0.2, 0.25) is 0 Å². The van der Waals surface area contributed by atoms with E-state index in [4.69, 9.17) is 4.74 Å². The zero-order valence-corrected chi connectivity index (χ0v) is 15.1. The fraction of sp³-hybridized carbons (Fsp3) is 0.632. The number of rotatable bonds is 11. The van der Waals surface area contributed by atoms with Gasteiger partial charge in [0.15, 0.2) is 0 Å². The van der Waals surface area contributed by atoms with Gasteiger partial charge in [0, 0.05) is 18.8 Å². The van der Waals surface area contributed by atoms with Crippen molar-refractivity contribution in [1.82, 2.24) is 4.90 Å². The van der Waals surface area contributed by atoms with E-state index in [1.54, 1.807) is 0 Å². The van der Waals surface area contributed by atoms with E-state index in [0.29, 0.717) is 18.9 Å². The average Bonchev–Trinajstić information content (AvgIpc) is 2.52. The lowest BCUT2D eigenvalue weighted by molar-refractivity contribution is -0.143. The Bertz CT molecular complexity index is 456. The quantitative estimate of drug-likeness (QED) is 0.633. The largest absolute Gasteiger partial charge is 0.465 e. The van der Waals surface area contributed by atoms with Crippen molar-refractivity contribution in [3.05, 3.63) is 29.8 Å². The number of benzene rings is 1. The van der Waals surface area contributed by atoms with Crippen LogP contribution in [0.5, 0.6) is 0 Å². The Morgan fingerprint density at radius 2 is 1.91 bits per heavy atom. The zero-order chi connectivity index (χ0) is 17.1. The minimum Gasteiger partial charge on any atom is -0.465 e. The standard InChI is InChI=1S/C19H32N2O2/c1-5-21(6-2)13-12-20-18-10-8-7-9-17(18)15-19(22)23-14-11-16(3)4/h7-10,16,20H,5-6,11-15H2,1-4H3. The van der Waals surface area contributed by atoms with Crippen LogP contribution in [0.2, 0.25) is 0 Å². The van der Waals surface area contributed by atoms with Crippen LogP contribution in [0.1, 0.15) is 39.7 Å². The lowest BCUT2D eigenvalue weighted by atomic mass is 10.1. The highest BCUT2D eigenvalue weighted by Gasteiger charge is 2.09. The summed E-state index contributed by atoms with van der Waals surface area (Å²) in [6, 6.07) is 7.97. The number of nitrogens with zero attached hydrogens (tertiary/aromatic N) is 1. The van der Waals surface area contributed by atoms with Gasteiger partial charge in [-0.1, -0.05) is 45.9 Å². The number of para-hydroxylation sites is 1. The highest BCUT2D eigenvalue weighted by atomic mass is 16.5. The molecule has 130 valence electrons. The summed E-state index contributed by atoms with van der Waals surface area (Å²) in [4.78, 5) is 14.3. The molecule has 1 aromatic rings. The number of hydrogen-bond acceptors (Lipinski definition) is 4. The maximum Gasteiger partial charge on any atom is 0.310 e. The van der Waals surface area contributed by atoms with Crippen LogP contribution in [0.3, 0.4) is 0 Å². The molecule has 0 aromatic heterocycles. The molecule has 0 atom stereocenters. The predicted molar refractivity (Wildman–Crippen MR) is 96.8 cm³/mol. The van der Waals surface area contributed by atoms with Gasteiger partial charge in [-0.05, 0) is 37.1 Å². The van der Waals surface area contributed by atoms with Crippen molar-refractivity contribution in [2.75, 3.05) is 38.1 Å². The number of anilines is 1. The molecule has 1 N–H and O–H groups in total. The first-order valence-electron chi connectivity index (χ1n) is 8.76. The SMILES string of the molecule is CCN(CC)CCNc1ccccc1CC(=O)OCCC(C)C. The summed E-state index contributed by atoms with van der Waals surface area (Å²) in [5, 5.41) is 3.44. The van der Waals surface area contributed by atoms with E-state index in [1.165, 1.54) is 0 Å². The number of hydrogen-bond donors (Lipinski definition) is 1. The maximum atomic E-state index is 12.0. The summed E-state index contributed by atoms with van der Waals surface area (Å²) in [5.41, 5.74) is 2.03. The van der Waals surface area contributed by atoms with Gasteiger partial charge in [-0.2, -0.15) is 0 Å². The Morgan fingerprint density at radius 3 is 2.57 bits per heavy atom. The first-order chi connectivity index (χ1) is 11.1. The highest BCUT2D eigenvalue weighted by Crippen LogP contribution is 2.16. The Labute approximate surface area is 141 Å². The third kappa shape index (κ3) is 8.03. The second kappa shape index (κ2) is 11.1. The van der Waals surface area contributed by atoms with Gasteiger partial charge in [-0.15, -0.1) is 0 Å². The van der Waals surface area contributed by atoms with Gasteiger partial charge in [-0.3, -0.25) is 4.79 Å². The van der Waals surface area contributed by atoms with Gasteiger partial charge in [0.05, 0.1) is 13.0 Å². The van der Waals surface area contributed by atoms with Crippen molar-refractivity contribution < 1.29 is 9.53 Å². The van der Waals surface area contributed by atoms with E-state index >= 15 is 0 Å². The molecule has 0 unspecified atom stereocenters. The Balaban J connectivity index is 2.48. The molecule has 0 aliphatic rings. The topological polar surface area (TPSA) is 41.6 Å². The molecular weight excluding hydrogens is 288 g/mol. The lowest BCUT2D eigenvalue weighted by Crippen LogP contribution is -2.28. The minimum atomic E-state index is -0.149. The molecule has 1 aromatic carbocycles. The zero-order valence-electron chi connectivity index (χ0n) is 15.1. The second-order valence-electron chi connectivity index (χ2n) is 6.19. The van der Waals surface area contributed by atoms with E-state index < -0.39 is 0 Å². The van der Waals surface area contributed by atoms with Crippen LogP contribution < -0.4 is 5.32 Å². The molecule has 23 heavy (non-hydrogen) atoms. The molecule has 0 bridgehead atoms. The molecule has 0 saturated carbocycles. The fourth-order valence-electron chi connectivity index (χ4n) is 2.35. The molecule has 1 rings (SSSR count). The Hall–Kier alpha value is -1.55. The molecule has 0 fully saturated rings. The number of ether oxygens (including phenoxy) is 1. The van der Waals surface area contributed by atoms with E-state index in [-0.39, 0.29) is 5.97 Å². The van der Waals surface area contributed by atoms with Crippen molar-refractivity contribution in [3.63, 3.8) is 0 Å². The molecule has 4 nitrogen and oxygen atoms in total. The van der Waals surface area contributed by atoms with Gasteiger partial charge in [-0.25, -0.2) is 0 Å². The molecule has 4 heteroatoms. The predicted octanol–water partition coefficient (Wildman–Crippen LogP) is 3.57. The molecule has 0 spiro atoms. The van der Waals surface area contributed by atoms with Gasteiger partial charge in [0.25, 0.3) is 0 Å². The molecule has 0 saturated heterocycles. The maximum absolute atomic E-state index is 12.0. The van der Waals surface area contributed by atoms with Crippen LogP contribution in [-0.4, -0.2) is 43.7 Å². The molecule has 0 aliphatic heterocycles. The summed E-state index contributed by atoms with van der Waals surface area (Å²) in [5.74, 6) is 0.403. The fourth-order valence-corrected chi connectivity index (χ4v) is 2.35. The average molecular weight is 320 g/mol. The van der Waals surface area contributed by atoms with E-state index in [2.05, 4.69) is 37.9 Å². The smallest absolute Gasteiger partial charge is 0.310 e. The van der Waals surface area contributed by atoms with Crippen LogP contribution in [0.25, 0.3) is 0 Å². The van der Waals surface area contributed by atoms with Crippen molar-refractivity contribution in [3.8, 4) is 0 Å². The second-order valence-corrected chi connectivity index (χ2v) is 6.19. The van der Waals surface area contributed by atoms with E-state index in [1.807, 2.05) is 24.3 Å². The van der Waals surface area contributed by atoms with Crippen LogP contribution in [0, 0.1) is 5.92 Å². The highest BCUT2D eigenvalue weighted by molar-refractivity contribution is 5.75. The van der Waals surface area contributed by atoms with E-state index in [0.717, 1.165) is 43.9 Å². The molecular formula is C19H32N2O2. The molecule has 0 aliphatic carbocycles. The van der Waals surface area contributed by atoms with Crippen molar-refractivity contribution in [2.24, 2.45) is 5.92 Å². The number of carbonyl (C=O) groups is 1. The Morgan fingerprint density at radius 1 is 1.22 bits per heavy atom. The normalized spacial score (nSPS) is 11.0. The first-order valence-corrected chi connectivity index (χ1v) is 8.76. The number of esters is 1. The third-order valence-corrected chi connectivity index (χ3v) is 3.95. The summed E-state index contributed by atoms with van der Waals surface area (Å²) in [6.45, 7) is 13.1. The third-order valence-electron chi connectivity index (χ3n) is 3.95. The summed E-state index contributed by atoms with van der Waals surface area (Å²) in [7, 11) is 0. The van der Waals surface area contributed by atoms with Crippen molar-refractivity contribution in [1.29, 1.82) is 0 Å². The monoisotopic (exact) mass is 320 g/mol. The van der Waals surface area contributed by atoms with Crippen LogP contribution in [-0.2, 0) is 16.0 Å². The van der Waals surface area contributed by atoms with Crippen LogP contribution in [0.4, 0.5) is 5.69 Å². The lowest BCUT2D eigenvalue weighted by Gasteiger charge is -2.19. The van der Waals surface area contributed by atoms with Gasteiger partial charge in [0.1, 0.15) is 0 Å². The van der Waals surface area contributed by atoms with Gasteiger partial charge < -0.3 is 15.0 Å². The van der Waals surface area contributed by atoms with E-state index in [9.17, 15) is 4.79 Å². The number of carbonyl (C=O) groups excluding carboxylic acids is 1. The van der Waals surface area contributed by atoms with Gasteiger partial charge >= 0.3 is 5.97 Å². The number of nitrogens with one attached hydrogen (secondary N) is 1. The van der Waals surface area contributed by atoms with Crippen molar-refractivity contribution >= 4 is 11.7 Å². The number of likely N-dealkylation sites (N-methyl/N-ethyl adjacent to an activating group) is 1. The molecule has 0 radical (unpaired) electrons. The molecule has 0 heterocycles.